The Morgan fingerprint density at radius 1 is 1.29 bits per heavy atom. The summed E-state index contributed by atoms with van der Waals surface area (Å²) < 4.78 is 10.6. The monoisotopic (exact) mass is 376 g/mol. The molecule has 7 heteroatoms. The number of aliphatic carboxylic acids is 1. The number of hydrogen-bond donors (Lipinski definition) is 1. The van der Waals surface area contributed by atoms with Gasteiger partial charge in [-0.1, -0.05) is 12.1 Å². The molecule has 0 aliphatic heterocycles. The summed E-state index contributed by atoms with van der Waals surface area (Å²) in [6.45, 7) is 3.36. The van der Waals surface area contributed by atoms with Crippen molar-refractivity contribution in [2.75, 3.05) is 7.11 Å². The predicted octanol–water partition coefficient (Wildman–Crippen LogP) is 2.46. The molecule has 3 rings (SSSR count). The maximum Gasteiger partial charge on any atom is 0.162 e. The summed E-state index contributed by atoms with van der Waals surface area (Å²) in [5.74, 6) is -0.237. The fourth-order valence-corrected chi connectivity index (χ4v) is 2.68. The number of nitrogens with zero attached hydrogens (tertiary/aromatic N) is 2. The number of aromatic nitrogens is 2. The van der Waals surface area contributed by atoms with Gasteiger partial charge in [0.25, 0.3) is 0 Å². The summed E-state index contributed by atoms with van der Waals surface area (Å²) in [5.41, 5.74) is 3.76. The second kappa shape index (κ2) is 7.84. The van der Waals surface area contributed by atoms with Crippen LogP contribution < -0.4 is 14.6 Å². The van der Waals surface area contributed by atoms with Crippen LogP contribution in [0.1, 0.15) is 23.9 Å². The molecule has 28 heavy (non-hydrogen) atoms. The van der Waals surface area contributed by atoms with Gasteiger partial charge in [-0.15, -0.1) is 0 Å². The van der Waals surface area contributed by atoms with Crippen LogP contribution in [0.15, 0.2) is 36.4 Å². The molecule has 0 aliphatic carbocycles. The van der Waals surface area contributed by atoms with Crippen LogP contribution in [0, 0.1) is 18.3 Å². The number of carboxylic acids is 1. The number of ether oxygens (including phenoxy) is 2. The first kappa shape index (κ1) is 19.0. The minimum Gasteiger partial charge on any atom is -0.546 e. The van der Waals surface area contributed by atoms with Crippen LogP contribution in [0.25, 0.3) is 22.7 Å². The third-order valence-electron chi connectivity index (χ3n) is 4.15. The zero-order chi connectivity index (χ0) is 20.3. The van der Waals surface area contributed by atoms with E-state index in [1.54, 1.807) is 24.3 Å². The van der Waals surface area contributed by atoms with Gasteiger partial charge in [0.05, 0.1) is 29.7 Å². The normalized spacial score (nSPS) is 12.4. The van der Waals surface area contributed by atoms with Crippen LogP contribution in [0.4, 0.5) is 0 Å². The molecule has 1 N–H and O–H groups in total. The van der Waals surface area contributed by atoms with Gasteiger partial charge in [-0.2, -0.15) is 5.26 Å². The molecular weight excluding hydrogens is 358 g/mol. The first-order chi connectivity index (χ1) is 13.4. The lowest BCUT2D eigenvalue weighted by atomic mass is 10.1. The fraction of sp³-hybridized carbons (Fsp3) is 0.190. The molecule has 0 radical (unpaired) electrons. The van der Waals surface area contributed by atoms with Crippen LogP contribution >= 0.6 is 0 Å². The number of allylic oxidation sites excluding steroid dienone is 1. The first-order valence-corrected chi connectivity index (χ1v) is 8.55. The minimum atomic E-state index is -1.32. The standard InChI is InChI=1S/C21H19N3O4/c1-12-4-6-16-17(8-12)24-20(23-16)15(11-22)9-14-5-7-18(19(10-14)27-3)28-13(2)21(25)26/h4-10,13H,1-3H3,(H,23,24)(H,25,26)/p-1/b15-9-/t13-/m1/s1. The number of carboxylic acid groups (broad SMARTS) is 1. The molecule has 2 aromatic carbocycles. The van der Waals surface area contributed by atoms with E-state index in [9.17, 15) is 15.2 Å². The van der Waals surface area contributed by atoms with Crippen molar-refractivity contribution in [3.63, 3.8) is 0 Å². The molecule has 0 saturated carbocycles. The molecule has 1 atom stereocenters. The lowest BCUT2D eigenvalue weighted by Gasteiger charge is -2.17. The molecule has 0 unspecified atom stereocenters. The van der Waals surface area contributed by atoms with Crippen LogP contribution in [-0.4, -0.2) is 29.2 Å². The van der Waals surface area contributed by atoms with E-state index >= 15 is 0 Å². The second-order valence-corrected chi connectivity index (χ2v) is 6.27. The summed E-state index contributed by atoms with van der Waals surface area (Å²) in [5, 5.41) is 20.4. The molecule has 1 aromatic heterocycles. The van der Waals surface area contributed by atoms with E-state index in [4.69, 9.17) is 9.47 Å². The van der Waals surface area contributed by atoms with Crippen molar-refractivity contribution >= 4 is 28.7 Å². The number of fused-ring (bicyclic) bond motifs is 1. The Hall–Kier alpha value is -3.79. The third-order valence-corrected chi connectivity index (χ3v) is 4.15. The number of nitriles is 1. The number of H-pyrrole nitrogens is 1. The van der Waals surface area contributed by atoms with Gasteiger partial charge in [0.2, 0.25) is 0 Å². The summed E-state index contributed by atoms with van der Waals surface area (Å²) in [6.07, 6.45) is 0.544. The van der Waals surface area contributed by atoms with E-state index in [0.29, 0.717) is 22.7 Å². The number of aromatic amines is 1. The number of benzene rings is 2. The van der Waals surface area contributed by atoms with Gasteiger partial charge in [0.1, 0.15) is 18.0 Å². The van der Waals surface area contributed by atoms with E-state index in [2.05, 4.69) is 16.0 Å². The zero-order valence-electron chi connectivity index (χ0n) is 15.6. The maximum atomic E-state index is 10.9. The zero-order valence-corrected chi connectivity index (χ0v) is 15.6. The number of rotatable bonds is 6. The van der Waals surface area contributed by atoms with E-state index in [1.807, 2.05) is 25.1 Å². The fourth-order valence-electron chi connectivity index (χ4n) is 2.68. The largest absolute Gasteiger partial charge is 0.546 e. The molecule has 0 saturated heterocycles. The predicted molar refractivity (Wildman–Crippen MR) is 102 cm³/mol. The van der Waals surface area contributed by atoms with Crippen LogP contribution in [0.3, 0.4) is 0 Å². The average molecular weight is 376 g/mol. The Labute approximate surface area is 161 Å². The van der Waals surface area contributed by atoms with Crippen molar-refractivity contribution < 1.29 is 19.4 Å². The summed E-state index contributed by atoms with van der Waals surface area (Å²) >= 11 is 0. The molecule has 1 heterocycles. The molecule has 0 amide bonds. The SMILES string of the molecule is COc1cc(/C=C(/C#N)c2nc3ccc(C)cc3[nH]2)ccc1O[C@H](C)C(=O)[O-]. The number of carbonyl (C=O) groups excluding carboxylic acids is 1. The molecule has 0 bridgehead atoms. The number of aryl methyl sites for hydroxylation is 1. The van der Waals surface area contributed by atoms with Gasteiger partial charge >= 0.3 is 0 Å². The van der Waals surface area contributed by atoms with Crippen molar-refractivity contribution in [2.24, 2.45) is 0 Å². The average Bonchev–Trinajstić information content (AvgIpc) is 3.09. The quantitative estimate of drug-likeness (QED) is 0.662. The molecule has 3 aromatic rings. The summed E-state index contributed by atoms with van der Waals surface area (Å²) in [6, 6.07) is 12.9. The lowest BCUT2D eigenvalue weighted by Crippen LogP contribution is -2.37. The second-order valence-electron chi connectivity index (χ2n) is 6.27. The molecule has 0 spiro atoms. The topological polar surface area (TPSA) is 111 Å². The lowest BCUT2D eigenvalue weighted by molar-refractivity contribution is -0.312. The molecule has 0 aliphatic rings. The van der Waals surface area contributed by atoms with E-state index in [-0.39, 0.29) is 5.75 Å². The smallest absolute Gasteiger partial charge is 0.162 e. The van der Waals surface area contributed by atoms with Crippen molar-refractivity contribution in [1.29, 1.82) is 5.26 Å². The Bertz CT molecular complexity index is 1110. The van der Waals surface area contributed by atoms with Gasteiger partial charge in [-0.3, -0.25) is 0 Å². The number of nitrogens with one attached hydrogen (secondary N) is 1. The molecule has 0 fully saturated rings. The number of methoxy groups -OCH3 is 1. The van der Waals surface area contributed by atoms with E-state index in [1.165, 1.54) is 14.0 Å². The van der Waals surface area contributed by atoms with Crippen LogP contribution in [0.2, 0.25) is 0 Å². The van der Waals surface area contributed by atoms with Gasteiger partial charge in [-0.25, -0.2) is 4.98 Å². The van der Waals surface area contributed by atoms with Crippen molar-refractivity contribution in [3.05, 3.63) is 53.3 Å². The highest BCUT2D eigenvalue weighted by Gasteiger charge is 2.12. The van der Waals surface area contributed by atoms with Crippen LogP contribution in [0.5, 0.6) is 11.5 Å². The van der Waals surface area contributed by atoms with Gasteiger partial charge in [0.15, 0.2) is 11.5 Å². The molecular formula is C21H18N3O4-. The number of carbonyl (C=O) groups is 1. The van der Waals surface area contributed by atoms with Gasteiger partial charge in [0, 0.05) is 0 Å². The van der Waals surface area contributed by atoms with Crippen LogP contribution in [-0.2, 0) is 4.79 Å². The first-order valence-electron chi connectivity index (χ1n) is 8.55. The van der Waals surface area contributed by atoms with Crippen molar-refractivity contribution in [1.82, 2.24) is 9.97 Å². The Kier molecular flexibility index (Phi) is 5.32. The van der Waals surface area contributed by atoms with Gasteiger partial charge in [-0.05, 0) is 55.3 Å². The summed E-state index contributed by atoms with van der Waals surface area (Å²) in [7, 11) is 1.45. The van der Waals surface area contributed by atoms with Gasteiger partial charge < -0.3 is 24.4 Å². The highest BCUT2D eigenvalue weighted by atomic mass is 16.5. The maximum absolute atomic E-state index is 10.9. The minimum absolute atomic E-state index is 0.272. The van der Waals surface area contributed by atoms with Crippen molar-refractivity contribution in [2.45, 2.75) is 20.0 Å². The van der Waals surface area contributed by atoms with Crippen molar-refractivity contribution in [3.8, 4) is 17.6 Å². The summed E-state index contributed by atoms with van der Waals surface area (Å²) in [4.78, 5) is 18.5. The Morgan fingerprint density at radius 2 is 2.07 bits per heavy atom. The molecule has 7 nitrogen and oxygen atoms in total. The number of hydrogen-bond acceptors (Lipinski definition) is 6. The Balaban J connectivity index is 1.95. The third kappa shape index (κ3) is 3.96. The molecule has 142 valence electrons. The van der Waals surface area contributed by atoms with E-state index < -0.39 is 12.1 Å². The number of imidazole rings is 1. The Morgan fingerprint density at radius 3 is 2.75 bits per heavy atom. The highest BCUT2D eigenvalue weighted by molar-refractivity contribution is 5.90. The van der Waals surface area contributed by atoms with E-state index in [0.717, 1.165) is 16.6 Å². The highest BCUT2D eigenvalue weighted by Crippen LogP contribution is 2.30.